The number of nitrogens with zero attached hydrogens (tertiary/aromatic N) is 1. The summed E-state index contributed by atoms with van der Waals surface area (Å²) < 4.78 is 6.56. The lowest BCUT2D eigenvalue weighted by Gasteiger charge is -2.13. The van der Waals surface area contributed by atoms with E-state index in [-0.39, 0.29) is 0 Å². The third-order valence-corrected chi connectivity index (χ3v) is 3.84. The molecule has 0 radical (unpaired) electrons. The molecule has 3 N–H and O–H groups in total. The molecule has 0 amide bonds. The highest BCUT2D eigenvalue weighted by Crippen LogP contribution is 2.38. The van der Waals surface area contributed by atoms with Crippen molar-refractivity contribution in [3.05, 3.63) is 26.3 Å². The van der Waals surface area contributed by atoms with Crippen LogP contribution in [-0.4, -0.2) is 16.8 Å². The molecule has 96 valence electrons. The smallest absolute Gasteiger partial charge is 0.159 e. The third kappa shape index (κ3) is 2.42. The molecule has 2 rings (SSSR count). The fraction of sp³-hybridized carbons (Fsp3) is 0.250. The molecule has 1 aromatic carbocycles. The molecular weight excluding hydrogens is 365 g/mol. The molecule has 18 heavy (non-hydrogen) atoms. The van der Waals surface area contributed by atoms with Crippen molar-refractivity contribution in [1.82, 2.24) is 10.2 Å². The van der Waals surface area contributed by atoms with Crippen molar-refractivity contribution in [2.45, 2.75) is 13.8 Å². The summed E-state index contributed by atoms with van der Waals surface area (Å²) in [6.45, 7) is 4.51. The standard InChI is InChI=1S/C12H13ClIN3O/c1-3-18-11-6(2)4-7(13)5-8(11)10-9(14)12(15)17-16-10/h4-5H,3H2,1-2H3,(H3,15,16,17). The Morgan fingerprint density at radius 2 is 2.22 bits per heavy atom. The number of aromatic amines is 1. The Bertz CT molecular complexity index is 583. The Hall–Kier alpha value is -0.950. The SMILES string of the molecule is CCOc1c(C)cc(Cl)cc1-c1[nH]nc(N)c1I. The second-order valence-electron chi connectivity index (χ2n) is 3.83. The fourth-order valence-electron chi connectivity index (χ4n) is 1.77. The molecule has 0 saturated carbocycles. The first-order valence-electron chi connectivity index (χ1n) is 5.47. The van der Waals surface area contributed by atoms with Crippen LogP contribution in [-0.2, 0) is 0 Å². The van der Waals surface area contributed by atoms with Crippen LogP contribution in [0.25, 0.3) is 11.3 Å². The van der Waals surface area contributed by atoms with Crippen LogP contribution in [0.3, 0.4) is 0 Å². The Labute approximate surface area is 124 Å². The maximum absolute atomic E-state index is 6.11. The first-order valence-corrected chi connectivity index (χ1v) is 6.93. The van der Waals surface area contributed by atoms with Crippen LogP contribution in [0.15, 0.2) is 12.1 Å². The van der Waals surface area contributed by atoms with Crippen molar-refractivity contribution in [2.24, 2.45) is 0 Å². The summed E-state index contributed by atoms with van der Waals surface area (Å²) in [5, 5.41) is 7.58. The number of benzene rings is 1. The monoisotopic (exact) mass is 377 g/mol. The Kier molecular flexibility index (Phi) is 4.01. The van der Waals surface area contributed by atoms with Gasteiger partial charge in [0, 0.05) is 10.6 Å². The molecule has 0 aliphatic carbocycles. The van der Waals surface area contributed by atoms with Crippen molar-refractivity contribution in [3.8, 4) is 17.0 Å². The molecule has 0 aliphatic rings. The molecule has 0 bridgehead atoms. The molecule has 0 fully saturated rings. The average molecular weight is 378 g/mol. The third-order valence-electron chi connectivity index (χ3n) is 2.53. The van der Waals surface area contributed by atoms with Crippen molar-refractivity contribution in [1.29, 1.82) is 0 Å². The second kappa shape index (κ2) is 5.36. The molecule has 0 spiro atoms. The predicted molar refractivity (Wildman–Crippen MR) is 82.1 cm³/mol. The van der Waals surface area contributed by atoms with Crippen LogP contribution in [0.1, 0.15) is 12.5 Å². The van der Waals surface area contributed by atoms with Crippen LogP contribution in [0.4, 0.5) is 5.82 Å². The molecule has 6 heteroatoms. The number of nitrogens with one attached hydrogen (secondary N) is 1. The van der Waals surface area contributed by atoms with Gasteiger partial charge in [-0.15, -0.1) is 0 Å². The number of hydrogen-bond acceptors (Lipinski definition) is 3. The van der Waals surface area contributed by atoms with Crippen LogP contribution in [0, 0.1) is 10.5 Å². The van der Waals surface area contributed by atoms with Gasteiger partial charge in [0.1, 0.15) is 5.75 Å². The summed E-state index contributed by atoms with van der Waals surface area (Å²) in [7, 11) is 0. The largest absolute Gasteiger partial charge is 0.493 e. The number of aromatic nitrogens is 2. The molecule has 4 nitrogen and oxygen atoms in total. The van der Waals surface area contributed by atoms with Gasteiger partial charge in [0.25, 0.3) is 0 Å². The topological polar surface area (TPSA) is 63.9 Å². The maximum Gasteiger partial charge on any atom is 0.159 e. The normalized spacial score (nSPS) is 10.7. The van der Waals surface area contributed by atoms with Gasteiger partial charge in [-0.25, -0.2) is 0 Å². The number of anilines is 1. The van der Waals surface area contributed by atoms with Crippen molar-refractivity contribution in [3.63, 3.8) is 0 Å². The van der Waals surface area contributed by atoms with Gasteiger partial charge in [0.15, 0.2) is 5.82 Å². The van der Waals surface area contributed by atoms with Gasteiger partial charge in [-0.2, -0.15) is 5.10 Å². The number of halogens is 2. The number of nitrogen functional groups attached to an aromatic ring is 1. The zero-order valence-electron chi connectivity index (χ0n) is 10.1. The molecule has 0 aliphatic heterocycles. The zero-order chi connectivity index (χ0) is 13.3. The predicted octanol–water partition coefficient (Wildman–Crippen LogP) is 3.62. The lowest BCUT2D eigenvalue weighted by atomic mass is 10.1. The summed E-state index contributed by atoms with van der Waals surface area (Å²) in [4.78, 5) is 0. The van der Waals surface area contributed by atoms with E-state index < -0.39 is 0 Å². The van der Waals surface area contributed by atoms with E-state index in [1.165, 1.54) is 0 Å². The lowest BCUT2D eigenvalue weighted by molar-refractivity contribution is 0.339. The number of rotatable bonds is 3. The summed E-state index contributed by atoms with van der Waals surface area (Å²) in [5.74, 6) is 1.29. The minimum atomic E-state index is 0.477. The quantitative estimate of drug-likeness (QED) is 0.803. The van der Waals surface area contributed by atoms with Gasteiger partial charge in [-0.05, 0) is 54.1 Å². The zero-order valence-corrected chi connectivity index (χ0v) is 13.0. The van der Waals surface area contributed by atoms with E-state index >= 15 is 0 Å². The first-order chi connectivity index (χ1) is 8.54. The Balaban J connectivity index is 2.65. The lowest BCUT2D eigenvalue weighted by Crippen LogP contribution is -1.98. The highest BCUT2D eigenvalue weighted by Gasteiger charge is 2.17. The van der Waals surface area contributed by atoms with Crippen LogP contribution >= 0.6 is 34.2 Å². The van der Waals surface area contributed by atoms with E-state index in [4.69, 9.17) is 22.1 Å². The number of H-pyrrole nitrogens is 1. The summed E-state index contributed by atoms with van der Waals surface area (Å²) in [6, 6.07) is 3.73. The molecule has 2 aromatic rings. The van der Waals surface area contributed by atoms with E-state index in [1.54, 1.807) is 0 Å². The highest BCUT2D eigenvalue weighted by atomic mass is 127. The molecular formula is C12H13ClIN3O. The van der Waals surface area contributed by atoms with Gasteiger partial charge in [-0.3, -0.25) is 5.10 Å². The summed E-state index contributed by atoms with van der Waals surface area (Å²) in [5.41, 5.74) is 8.46. The first kappa shape index (κ1) is 13.5. The van der Waals surface area contributed by atoms with Gasteiger partial charge >= 0.3 is 0 Å². The van der Waals surface area contributed by atoms with Crippen molar-refractivity contribution < 1.29 is 4.74 Å². The van der Waals surface area contributed by atoms with E-state index in [1.807, 2.05) is 26.0 Å². The maximum atomic E-state index is 6.11. The van der Waals surface area contributed by atoms with Crippen LogP contribution in [0.2, 0.25) is 5.02 Å². The Morgan fingerprint density at radius 1 is 1.50 bits per heavy atom. The average Bonchev–Trinajstić information content (AvgIpc) is 2.63. The van der Waals surface area contributed by atoms with Gasteiger partial charge in [-0.1, -0.05) is 11.6 Å². The van der Waals surface area contributed by atoms with Crippen LogP contribution < -0.4 is 10.5 Å². The van der Waals surface area contributed by atoms with Gasteiger partial charge in [0.2, 0.25) is 0 Å². The van der Waals surface area contributed by atoms with Gasteiger partial charge in [0.05, 0.1) is 15.9 Å². The molecule has 1 heterocycles. The number of aryl methyl sites for hydroxylation is 1. The summed E-state index contributed by atoms with van der Waals surface area (Å²) >= 11 is 8.26. The molecule has 0 saturated heterocycles. The molecule has 0 atom stereocenters. The van der Waals surface area contributed by atoms with E-state index in [2.05, 4.69) is 32.8 Å². The minimum absolute atomic E-state index is 0.477. The van der Waals surface area contributed by atoms with E-state index in [9.17, 15) is 0 Å². The minimum Gasteiger partial charge on any atom is -0.493 e. The number of ether oxygens (including phenoxy) is 1. The van der Waals surface area contributed by atoms with Crippen molar-refractivity contribution >= 4 is 40.0 Å². The van der Waals surface area contributed by atoms with E-state index in [0.29, 0.717) is 17.4 Å². The van der Waals surface area contributed by atoms with E-state index in [0.717, 1.165) is 26.1 Å². The highest BCUT2D eigenvalue weighted by molar-refractivity contribution is 14.1. The fourth-order valence-corrected chi connectivity index (χ4v) is 2.58. The van der Waals surface area contributed by atoms with Gasteiger partial charge < -0.3 is 10.5 Å². The number of hydrogen-bond donors (Lipinski definition) is 2. The van der Waals surface area contributed by atoms with Crippen LogP contribution in [0.5, 0.6) is 5.75 Å². The number of nitrogens with two attached hydrogens (primary N) is 1. The molecule has 0 unspecified atom stereocenters. The molecule has 1 aromatic heterocycles. The second-order valence-corrected chi connectivity index (χ2v) is 5.35. The summed E-state index contributed by atoms with van der Waals surface area (Å²) in [6.07, 6.45) is 0. The van der Waals surface area contributed by atoms with Crippen molar-refractivity contribution in [2.75, 3.05) is 12.3 Å². The Morgan fingerprint density at radius 3 is 2.78 bits per heavy atom.